The average molecular weight is 380 g/mol. The number of carbonyl (C=O) groups is 4. The number of aromatic nitrogens is 1. The van der Waals surface area contributed by atoms with Gasteiger partial charge >= 0.3 is 6.03 Å². The molecule has 0 atom stereocenters. The van der Waals surface area contributed by atoms with Crippen molar-refractivity contribution in [1.29, 1.82) is 0 Å². The minimum absolute atomic E-state index is 0.124. The third-order valence-electron chi connectivity index (χ3n) is 4.75. The molecule has 0 unspecified atom stereocenters. The third kappa shape index (κ3) is 2.86. The van der Waals surface area contributed by atoms with Crippen LogP contribution in [0.3, 0.4) is 0 Å². The van der Waals surface area contributed by atoms with Crippen molar-refractivity contribution in [2.24, 2.45) is 0 Å². The highest BCUT2D eigenvalue weighted by atomic mass is 16.5. The normalized spacial score (nSPS) is 18.6. The van der Waals surface area contributed by atoms with Crippen LogP contribution >= 0.6 is 0 Å². The number of hydrogen-bond acceptors (Lipinski definition) is 6. The minimum Gasteiger partial charge on any atom is -0.457 e. The van der Waals surface area contributed by atoms with E-state index in [9.17, 15) is 19.2 Å². The van der Waals surface area contributed by atoms with Crippen molar-refractivity contribution in [3.8, 4) is 11.5 Å². The first kappa shape index (κ1) is 17.7. The summed E-state index contributed by atoms with van der Waals surface area (Å²) < 4.78 is 5.69. The standard InChI is InChI=1S/C19H16N4O5/c24-15-2-1-9-19(16(25)21-18(27)22-17(19)26)23(15)12-3-5-13(6-4-12)28-14-7-10-20-11-8-14/h3-8,10-11H,1-2,9H2,(H2,21,22,25,26,27). The Morgan fingerprint density at radius 1 is 0.893 bits per heavy atom. The Morgan fingerprint density at radius 2 is 1.50 bits per heavy atom. The number of pyridine rings is 1. The van der Waals surface area contributed by atoms with E-state index in [1.54, 1.807) is 48.8 Å². The molecule has 9 heteroatoms. The van der Waals surface area contributed by atoms with Gasteiger partial charge in [-0.05, 0) is 49.2 Å². The molecule has 142 valence electrons. The molecule has 4 rings (SSSR count). The van der Waals surface area contributed by atoms with E-state index in [-0.39, 0.29) is 18.7 Å². The summed E-state index contributed by atoms with van der Waals surface area (Å²) >= 11 is 0. The lowest BCUT2D eigenvalue weighted by molar-refractivity contribution is -0.143. The molecular formula is C19H16N4O5. The Hall–Kier alpha value is -3.75. The van der Waals surface area contributed by atoms with Crippen LogP contribution in [0.25, 0.3) is 0 Å². The lowest BCUT2D eigenvalue weighted by atomic mass is 9.82. The van der Waals surface area contributed by atoms with Gasteiger partial charge in [-0.3, -0.25) is 34.9 Å². The minimum atomic E-state index is -1.78. The number of piperidine rings is 1. The van der Waals surface area contributed by atoms with E-state index in [0.717, 1.165) is 0 Å². The smallest absolute Gasteiger partial charge is 0.328 e. The van der Waals surface area contributed by atoms with Crippen molar-refractivity contribution in [2.75, 3.05) is 4.90 Å². The summed E-state index contributed by atoms with van der Waals surface area (Å²) in [5.74, 6) is -0.856. The molecule has 0 radical (unpaired) electrons. The highest BCUT2D eigenvalue weighted by Gasteiger charge is 2.58. The first-order chi connectivity index (χ1) is 13.5. The Balaban J connectivity index is 1.67. The SMILES string of the molecule is O=C1NC(=O)C2(CCCC(=O)N2c2ccc(Oc3ccncc3)cc2)C(=O)N1. The van der Waals surface area contributed by atoms with Gasteiger partial charge in [0.1, 0.15) is 11.5 Å². The highest BCUT2D eigenvalue weighted by Crippen LogP contribution is 2.36. The summed E-state index contributed by atoms with van der Waals surface area (Å²) in [6.45, 7) is 0. The number of imide groups is 2. The summed E-state index contributed by atoms with van der Waals surface area (Å²) in [5, 5.41) is 4.20. The number of urea groups is 1. The molecule has 28 heavy (non-hydrogen) atoms. The van der Waals surface area contributed by atoms with Crippen LogP contribution in [-0.4, -0.2) is 34.3 Å². The predicted octanol–water partition coefficient (Wildman–Crippen LogP) is 1.50. The summed E-state index contributed by atoms with van der Waals surface area (Å²) in [6, 6.07) is 8.97. The molecule has 0 bridgehead atoms. The van der Waals surface area contributed by atoms with Crippen LogP contribution in [0.2, 0.25) is 0 Å². The lowest BCUT2D eigenvalue weighted by Gasteiger charge is -2.45. The molecule has 2 aliphatic rings. The van der Waals surface area contributed by atoms with Crippen molar-refractivity contribution in [2.45, 2.75) is 24.8 Å². The molecule has 2 saturated heterocycles. The maximum atomic E-state index is 12.7. The van der Waals surface area contributed by atoms with E-state index in [4.69, 9.17) is 4.74 Å². The van der Waals surface area contributed by atoms with Gasteiger partial charge in [-0.2, -0.15) is 0 Å². The summed E-state index contributed by atoms with van der Waals surface area (Å²) in [4.78, 5) is 54.4. The number of amides is 5. The van der Waals surface area contributed by atoms with Gasteiger partial charge in [0.2, 0.25) is 11.4 Å². The quantitative estimate of drug-likeness (QED) is 0.779. The average Bonchev–Trinajstić information content (AvgIpc) is 2.68. The van der Waals surface area contributed by atoms with Crippen molar-refractivity contribution >= 4 is 29.4 Å². The zero-order chi connectivity index (χ0) is 19.7. The van der Waals surface area contributed by atoms with E-state index < -0.39 is 23.4 Å². The number of anilines is 1. The second-order valence-corrected chi connectivity index (χ2v) is 6.46. The second kappa shape index (κ2) is 6.76. The predicted molar refractivity (Wildman–Crippen MR) is 96.5 cm³/mol. The molecule has 5 amide bonds. The zero-order valence-corrected chi connectivity index (χ0v) is 14.7. The Bertz CT molecular complexity index is 938. The maximum Gasteiger partial charge on any atom is 0.328 e. The molecule has 2 aromatic rings. The number of ether oxygens (including phenoxy) is 1. The van der Waals surface area contributed by atoms with E-state index in [1.807, 2.05) is 0 Å². The number of carbonyl (C=O) groups excluding carboxylic acids is 4. The largest absolute Gasteiger partial charge is 0.457 e. The molecule has 2 fully saturated rings. The second-order valence-electron chi connectivity index (χ2n) is 6.46. The first-order valence-electron chi connectivity index (χ1n) is 8.68. The fourth-order valence-electron chi connectivity index (χ4n) is 3.48. The summed E-state index contributed by atoms with van der Waals surface area (Å²) in [7, 11) is 0. The maximum absolute atomic E-state index is 12.7. The van der Waals surface area contributed by atoms with E-state index in [0.29, 0.717) is 23.6 Å². The van der Waals surface area contributed by atoms with Gasteiger partial charge in [0.15, 0.2) is 0 Å². The van der Waals surface area contributed by atoms with Crippen LogP contribution in [0.1, 0.15) is 19.3 Å². The first-order valence-corrected chi connectivity index (χ1v) is 8.68. The Morgan fingerprint density at radius 3 is 2.14 bits per heavy atom. The van der Waals surface area contributed by atoms with E-state index >= 15 is 0 Å². The lowest BCUT2D eigenvalue weighted by Crippen LogP contribution is -2.75. The Labute approximate surface area is 159 Å². The topological polar surface area (TPSA) is 118 Å². The highest BCUT2D eigenvalue weighted by molar-refractivity contribution is 6.27. The molecule has 9 nitrogen and oxygen atoms in total. The third-order valence-corrected chi connectivity index (χ3v) is 4.75. The number of hydrogen-bond donors (Lipinski definition) is 2. The zero-order valence-electron chi connectivity index (χ0n) is 14.7. The molecule has 1 aromatic heterocycles. The molecule has 2 aliphatic heterocycles. The number of rotatable bonds is 3. The fraction of sp³-hybridized carbons (Fsp3) is 0.211. The van der Waals surface area contributed by atoms with Crippen molar-refractivity contribution in [3.05, 3.63) is 48.8 Å². The van der Waals surface area contributed by atoms with Gasteiger partial charge in [0, 0.05) is 24.5 Å². The number of benzene rings is 1. The van der Waals surface area contributed by atoms with Gasteiger partial charge in [-0.25, -0.2) is 4.79 Å². The molecular weight excluding hydrogens is 364 g/mol. The number of nitrogens with one attached hydrogen (secondary N) is 2. The van der Waals surface area contributed by atoms with Crippen LogP contribution < -0.4 is 20.3 Å². The van der Waals surface area contributed by atoms with Gasteiger partial charge in [0.05, 0.1) is 0 Å². The molecule has 1 spiro atoms. The van der Waals surface area contributed by atoms with Crippen molar-refractivity contribution in [1.82, 2.24) is 15.6 Å². The van der Waals surface area contributed by atoms with E-state index in [2.05, 4.69) is 15.6 Å². The van der Waals surface area contributed by atoms with E-state index in [1.165, 1.54) is 4.90 Å². The molecule has 1 aromatic carbocycles. The van der Waals surface area contributed by atoms with Crippen LogP contribution in [-0.2, 0) is 14.4 Å². The van der Waals surface area contributed by atoms with Gasteiger partial charge in [-0.15, -0.1) is 0 Å². The summed E-state index contributed by atoms with van der Waals surface area (Å²) in [5.41, 5.74) is -1.41. The fourth-order valence-corrected chi connectivity index (χ4v) is 3.48. The van der Waals surface area contributed by atoms with Gasteiger partial charge in [0.25, 0.3) is 11.8 Å². The van der Waals surface area contributed by atoms with Crippen LogP contribution in [0.4, 0.5) is 10.5 Å². The summed E-state index contributed by atoms with van der Waals surface area (Å²) in [6.07, 6.45) is 3.89. The van der Waals surface area contributed by atoms with Crippen LogP contribution in [0.5, 0.6) is 11.5 Å². The molecule has 0 aliphatic carbocycles. The molecule has 3 heterocycles. The molecule has 0 saturated carbocycles. The van der Waals surface area contributed by atoms with Gasteiger partial charge < -0.3 is 4.74 Å². The monoisotopic (exact) mass is 380 g/mol. The van der Waals surface area contributed by atoms with Crippen molar-refractivity contribution in [3.63, 3.8) is 0 Å². The van der Waals surface area contributed by atoms with Gasteiger partial charge in [-0.1, -0.05) is 0 Å². The number of nitrogens with zero attached hydrogens (tertiary/aromatic N) is 2. The Kier molecular flexibility index (Phi) is 4.26. The molecule has 2 N–H and O–H groups in total. The van der Waals surface area contributed by atoms with Crippen LogP contribution in [0.15, 0.2) is 48.8 Å². The van der Waals surface area contributed by atoms with Crippen molar-refractivity contribution < 1.29 is 23.9 Å². The number of barbiturate groups is 1. The van der Waals surface area contributed by atoms with Crippen LogP contribution in [0, 0.1) is 0 Å².